The number of hydrogen-bond acceptors (Lipinski definition) is 3. The number of rotatable bonds is 4. The molecule has 0 aliphatic heterocycles. The molecular weight excluding hydrogens is 219 g/mol. The number of imidazole rings is 1. The van der Waals surface area contributed by atoms with Crippen LogP contribution in [0.2, 0.25) is 0 Å². The van der Waals surface area contributed by atoms with Gasteiger partial charge in [0.2, 0.25) is 0 Å². The normalized spacial score (nSPS) is 12.4. The Balaban J connectivity index is 2.18. The lowest BCUT2D eigenvalue weighted by atomic mass is 10.2. The molecule has 1 aromatic heterocycles. The minimum atomic E-state index is -0.346. The van der Waals surface area contributed by atoms with Crippen molar-refractivity contribution in [2.75, 3.05) is 11.1 Å². The minimum absolute atomic E-state index is 0.0196. The molecule has 0 bridgehead atoms. The molecule has 90 valence electrons. The van der Waals surface area contributed by atoms with Crippen LogP contribution in [0.25, 0.3) is 0 Å². The van der Waals surface area contributed by atoms with Crippen LogP contribution in [0.1, 0.15) is 25.2 Å². The number of aromatic nitrogens is 2. The van der Waals surface area contributed by atoms with Gasteiger partial charge in [0, 0.05) is 23.8 Å². The molecule has 1 aromatic carbocycles. The predicted molar refractivity (Wildman–Crippen MR) is 66.1 cm³/mol. The fraction of sp³-hybridized carbons (Fsp3) is 0.250. The van der Waals surface area contributed by atoms with E-state index < -0.39 is 0 Å². The van der Waals surface area contributed by atoms with Gasteiger partial charge < -0.3 is 16.0 Å². The van der Waals surface area contributed by atoms with Crippen LogP contribution in [0.3, 0.4) is 0 Å². The summed E-state index contributed by atoms with van der Waals surface area (Å²) in [5.41, 5.74) is 6.65. The molecule has 4 N–H and O–H groups in total. The molecule has 5 heteroatoms. The summed E-state index contributed by atoms with van der Waals surface area (Å²) in [4.78, 5) is 7.22. The van der Waals surface area contributed by atoms with Crippen LogP contribution in [0, 0.1) is 5.82 Å². The number of nitrogen functional groups attached to an aromatic ring is 1. The lowest BCUT2D eigenvalue weighted by Gasteiger charge is -2.16. The van der Waals surface area contributed by atoms with Gasteiger partial charge in [-0.05, 0) is 24.6 Å². The molecule has 0 saturated heterocycles. The molecule has 0 radical (unpaired) electrons. The van der Waals surface area contributed by atoms with Crippen molar-refractivity contribution >= 4 is 11.4 Å². The molecule has 2 aromatic rings. The number of hydrogen-bond donors (Lipinski definition) is 3. The molecule has 1 unspecified atom stereocenters. The molecule has 0 aliphatic carbocycles. The Morgan fingerprint density at radius 2 is 2.29 bits per heavy atom. The number of nitrogens with two attached hydrogens (primary N) is 1. The smallest absolute Gasteiger partial charge is 0.128 e. The van der Waals surface area contributed by atoms with E-state index in [1.165, 1.54) is 12.1 Å². The lowest BCUT2D eigenvalue weighted by molar-refractivity contribution is 0.627. The summed E-state index contributed by atoms with van der Waals surface area (Å²) in [5.74, 6) is 0.483. The lowest BCUT2D eigenvalue weighted by Crippen LogP contribution is -2.11. The Labute approximate surface area is 99.1 Å². The first-order chi connectivity index (χ1) is 8.19. The maximum atomic E-state index is 13.2. The summed E-state index contributed by atoms with van der Waals surface area (Å²) in [6.45, 7) is 2.03. The van der Waals surface area contributed by atoms with Crippen molar-refractivity contribution < 1.29 is 4.39 Å². The zero-order chi connectivity index (χ0) is 12.3. The van der Waals surface area contributed by atoms with Crippen molar-refractivity contribution in [1.82, 2.24) is 9.97 Å². The number of halogens is 1. The predicted octanol–water partition coefficient (Wildman–Crippen LogP) is 2.69. The molecule has 0 amide bonds. The number of aromatic amines is 1. The van der Waals surface area contributed by atoms with Crippen molar-refractivity contribution in [3.63, 3.8) is 0 Å². The van der Waals surface area contributed by atoms with Crippen LogP contribution in [0.15, 0.2) is 30.6 Å². The van der Waals surface area contributed by atoms with E-state index in [9.17, 15) is 4.39 Å². The third-order valence-electron chi connectivity index (χ3n) is 2.52. The van der Waals surface area contributed by atoms with E-state index in [4.69, 9.17) is 5.73 Å². The second-order valence-corrected chi connectivity index (χ2v) is 3.85. The SMILES string of the molecule is CCC(Nc1cc(N)cc(F)c1)c1ncc[nH]1. The third kappa shape index (κ3) is 2.75. The quantitative estimate of drug-likeness (QED) is 0.712. The van der Waals surface area contributed by atoms with Gasteiger partial charge in [-0.2, -0.15) is 0 Å². The molecule has 1 atom stereocenters. The van der Waals surface area contributed by atoms with E-state index in [1.54, 1.807) is 18.5 Å². The van der Waals surface area contributed by atoms with Gasteiger partial charge in [-0.1, -0.05) is 6.92 Å². The standard InChI is InChI=1S/C12H15FN4/c1-2-11(12-15-3-4-16-12)17-10-6-8(13)5-9(14)7-10/h3-7,11,17H,2,14H2,1H3,(H,15,16). The Bertz CT molecular complexity index is 461. The highest BCUT2D eigenvalue weighted by atomic mass is 19.1. The Hall–Kier alpha value is -2.04. The van der Waals surface area contributed by atoms with Crippen LogP contribution in [0.5, 0.6) is 0 Å². The molecule has 4 nitrogen and oxygen atoms in total. The molecule has 0 spiro atoms. The first kappa shape index (κ1) is 11.4. The van der Waals surface area contributed by atoms with Crippen molar-refractivity contribution in [2.45, 2.75) is 19.4 Å². The average Bonchev–Trinajstić information content (AvgIpc) is 2.77. The first-order valence-corrected chi connectivity index (χ1v) is 5.51. The van der Waals surface area contributed by atoms with Gasteiger partial charge in [0.15, 0.2) is 0 Å². The second-order valence-electron chi connectivity index (χ2n) is 3.85. The van der Waals surface area contributed by atoms with Gasteiger partial charge in [0.1, 0.15) is 11.6 Å². The monoisotopic (exact) mass is 234 g/mol. The number of anilines is 2. The summed E-state index contributed by atoms with van der Waals surface area (Å²) < 4.78 is 13.2. The van der Waals surface area contributed by atoms with Crippen molar-refractivity contribution in [3.05, 3.63) is 42.2 Å². The summed E-state index contributed by atoms with van der Waals surface area (Å²) in [7, 11) is 0. The summed E-state index contributed by atoms with van der Waals surface area (Å²) in [6, 6.07) is 4.43. The highest BCUT2D eigenvalue weighted by Gasteiger charge is 2.11. The highest BCUT2D eigenvalue weighted by Crippen LogP contribution is 2.22. The molecule has 0 aliphatic rings. The number of H-pyrrole nitrogens is 1. The van der Waals surface area contributed by atoms with Gasteiger partial charge in [0.05, 0.1) is 6.04 Å². The van der Waals surface area contributed by atoms with Gasteiger partial charge >= 0.3 is 0 Å². The Morgan fingerprint density at radius 1 is 1.47 bits per heavy atom. The van der Waals surface area contributed by atoms with E-state index >= 15 is 0 Å². The van der Waals surface area contributed by atoms with Crippen molar-refractivity contribution in [3.8, 4) is 0 Å². The average molecular weight is 234 g/mol. The fourth-order valence-corrected chi connectivity index (χ4v) is 1.73. The Morgan fingerprint density at radius 3 is 2.88 bits per heavy atom. The molecule has 17 heavy (non-hydrogen) atoms. The summed E-state index contributed by atoms with van der Waals surface area (Å²) in [6.07, 6.45) is 4.29. The molecular formula is C12H15FN4. The molecule has 0 fully saturated rings. The maximum absolute atomic E-state index is 13.2. The maximum Gasteiger partial charge on any atom is 0.128 e. The van der Waals surface area contributed by atoms with E-state index in [0.717, 1.165) is 12.2 Å². The van der Waals surface area contributed by atoms with Crippen molar-refractivity contribution in [2.24, 2.45) is 0 Å². The minimum Gasteiger partial charge on any atom is -0.399 e. The zero-order valence-corrected chi connectivity index (χ0v) is 9.57. The highest BCUT2D eigenvalue weighted by molar-refractivity contribution is 5.55. The topological polar surface area (TPSA) is 66.7 Å². The van der Waals surface area contributed by atoms with Crippen molar-refractivity contribution in [1.29, 1.82) is 0 Å². The van der Waals surface area contributed by atoms with E-state index in [0.29, 0.717) is 11.4 Å². The summed E-state index contributed by atoms with van der Waals surface area (Å²) in [5, 5.41) is 3.20. The van der Waals surface area contributed by atoms with Gasteiger partial charge in [-0.25, -0.2) is 9.37 Å². The van der Waals surface area contributed by atoms with Gasteiger partial charge in [-0.3, -0.25) is 0 Å². The van der Waals surface area contributed by atoms with Crippen LogP contribution in [-0.2, 0) is 0 Å². The van der Waals surface area contributed by atoms with Gasteiger partial charge in [-0.15, -0.1) is 0 Å². The fourth-order valence-electron chi connectivity index (χ4n) is 1.73. The van der Waals surface area contributed by atoms with Crippen LogP contribution >= 0.6 is 0 Å². The van der Waals surface area contributed by atoms with E-state index in [2.05, 4.69) is 15.3 Å². The Kier molecular flexibility index (Phi) is 3.27. The van der Waals surface area contributed by atoms with Crippen LogP contribution in [0.4, 0.5) is 15.8 Å². The molecule has 1 heterocycles. The van der Waals surface area contributed by atoms with Crippen LogP contribution in [-0.4, -0.2) is 9.97 Å². The van der Waals surface area contributed by atoms with E-state index in [-0.39, 0.29) is 11.9 Å². The number of nitrogens with zero attached hydrogens (tertiary/aromatic N) is 1. The van der Waals surface area contributed by atoms with Gasteiger partial charge in [0.25, 0.3) is 0 Å². The largest absolute Gasteiger partial charge is 0.399 e. The number of nitrogens with one attached hydrogen (secondary N) is 2. The first-order valence-electron chi connectivity index (χ1n) is 5.51. The molecule has 0 saturated carbocycles. The molecule has 2 rings (SSSR count). The number of benzene rings is 1. The summed E-state index contributed by atoms with van der Waals surface area (Å²) >= 11 is 0. The second kappa shape index (κ2) is 4.86. The third-order valence-corrected chi connectivity index (χ3v) is 2.52. The van der Waals surface area contributed by atoms with E-state index in [1.807, 2.05) is 6.92 Å². The zero-order valence-electron chi connectivity index (χ0n) is 9.57. The van der Waals surface area contributed by atoms with Crippen LogP contribution < -0.4 is 11.1 Å².